The quantitative estimate of drug-likeness (QED) is 0.578. The molecule has 0 saturated carbocycles. The molecular weight excluding hydrogens is 450 g/mol. The van der Waals surface area contributed by atoms with Crippen LogP contribution in [0, 0.1) is 19.8 Å². The maximum absolute atomic E-state index is 13.0. The van der Waals surface area contributed by atoms with Crippen molar-refractivity contribution in [1.29, 1.82) is 0 Å². The van der Waals surface area contributed by atoms with E-state index in [0.29, 0.717) is 18.1 Å². The van der Waals surface area contributed by atoms with Crippen molar-refractivity contribution >= 4 is 27.3 Å². The van der Waals surface area contributed by atoms with Crippen LogP contribution < -0.4 is 15.8 Å². The van der Waals surface area contributed by atoms with Crippen LogP contribution in [0.25, 0.3) is 4.96 Å². The Morgan fingerprint density at radius 3 is 2.79 bits per heavy atom. The summed E-state index contributed by atoms with van der Waals surface area (Å²) in [5, 5.41) is 13.1. The van der Waals surface area contributed by atoms with Crippen LogP contribution in [-0.4, -0.2) is 49.9 Å². The maximum Gasteiger partial charge on any atom is 0.278 e. The number of anilines is 1. The van der Waals surface area contributed by atoms with Crippen molar-refractivity contribution in [2.45, 2.75) is 72.3 Å². The largest absolute Gasteiger partial charge is 0.355 e. The Kier molecular flexibility index (Phi) is 6.42. The highest BCUT2D eigenvalue weighted by molar-refractivity contribution is 7.20. The van der Waals surface area contributed by atoms with E-state index in [0.717, 1.165) is 80.1 Å². The fraction of sp³-hybridized carbons (Fsp3) is 0.625. The Hall–Kier alpha value is -2.75. The van der Waals surface area contributed by atoms with Crippen molar-refractivity contribution in [3.8, 4) is 0 Å². The average Bonchev–Trinajstić information content (AvgIpc) is 3.40. The van der Waals surface area contributed by atoms with Crippen LogP contribution in [0.15, 0.2) is 4.79 Å². The lowest BCUT2D eigenvalue weighted by molar-refractivity contribution is -0.125. The second kappa shape index (κ2) is 9.48. The number of carbonyl (C=O) groups excluding carboxylic acids is 1. The fourth-order valence-corrected chi connectivity index (χ4v) is 6.26. The molecule has 0 unspecified atom stereocenters. The zero-order valence-corrected chi connectivity index (χ0v) is 21.1. The Morgan fingerprint density at radius 2 is 2.00 bits per heavy atom. The Morgan fingerprint density at radius 1 is 1.18 bits per heavy atom. The minimum atomic E-state index is -0.0841. The van der Waals surface area contributed by atoms with Crippen LogP contribution in [-0.2, 0) is 30.6 Å². The normalized spacial score (nSPS) is 18.3. The van der Waals surface area contributed by atoms with Crippen LogP contribution in [0.1, 0.15) is 60.8 Å². The van der Waals surface area contributed by atoms with Gasteiger partial charge in [0.15, 0.2) is 0 Å². The molecule has 4 heterocycles. The van der Waals surface area contributed by atoms with Crippen molar-refractivity contribution in [2.24, 2.45) is 5.92 Å². The zero-order chi connectivity index (χ0) is 23.8. The number of amides is 1. The highest BCUT2D eigenvalue weighted by atomic mass is 32.1. The van der Waals surface area contributed by atoms with Gasteiger partial charge in [0, 0.05) is 37.4 Å². The van der Waals surface area contributed by atoms with Gasteiger partial charge in [0.05, 0.1) is 17.3 Å². The van der Waals surface area contributed by atoms with E-state index in [1.54, 1.807) is 0 Å². The lowest BCUT2D eigenvalue weighted by Gasteiger charge is -2.31. The Bertz CT molecular complexity index is 1270. The van der Waals surface area contributed by atoms with Gasteiger partial charge in [-0.25, -0.2) is 4.98 Å². The van der Waals surface area contributed by atoms with Crippen molar-refractivity contribution < 1.29 is 4.79 Å². The SMILES string of the molecule is CCn1nc(C)c(CCNC(=O)[C@H]2CCCN(c3nn4c(=O)c5c(nc4s3)CCCC5)C2)c1C. The lowest BCUT2D eigenvalue weighted by Crippen LogP contribution is -2.43. The van der Waals surface area contributed by atoms with Crippen LogP contribution in [0.4, 0.5) is 5.13 Å². The predicted octanol–water partition coefficient (Wildman–Crippen LogP) is 2.44. The van der Waals surface area contributed by atoms with Gasteiger partial charge in [-0.15, -0.1) is 5.10 Å². The number of hydrogen-bond acceptors (Lipinski definition) is 7. The van der Waals surface area contributed by atoms with Crippen molar-refractivity contribution in [3.63, 3.8) is 0 Å². The van der Waals surface area contributed by atoms with E-state index in [9.17, 15) is 9.59 Å². The van der Waals surface area contributed by atoms with E-state index in [-0.39, 0.29) is 17.4 Å². The highest BCUT2D eigenvalue weighted by Crippen LogP contribution is 2.28. The molecule has 1 amide bonds. The fourth-order valence-electron chi connectivity index (χ4n) is 5.31. The number of aromatic nitrogens is 5. The molecule has 0 aromatic carbocycles. The summed E-state index contributed by atoms with van der Waals surface area (Å²) in [5.74, 6) is 0.00830. The van der Waals surface area contributed by atoms with Crippen molar-refractivity contribution in [1.82, 2.24) is 29.7 Å². The first-order valence-corrected chi connectivity index (χ1v) is 13.2. The summed E-state index contributed by atoms with van der Waals surface area (Å²) in [6.45, 7) is 9.13. The van der Waals surface area contributed by atoms with Gasteiger partial charge in [0.1, 0.15) is 0 Å². The second-order valence-electron chi connectivity index (χ2n) is 9.42. The number of aryl methyl sites for hydroxylation is 3. The number of rotatable bonds is 6. The first kappa shape index (κ1) is 23.0. The third-order valence-corrected chi connectivity index (χ3v) is 8.21. The molecule has 0 bridgehead atoms. The first-order valence-electron chi connectivity index (χ1n) is 12.4. The minimum Gasteiger partial charge on any atom is -0.355 e. The smallest absolute Gasteiger partial charge is 0.278 e. The Balaban J connectivity index is 1.24. The topological polar surface area (TPSA) is 97.4 Å². The summed E-state index contributed by atoms with van der Waals surface area (Å²) in [6, 6.07) is 0. The predicted molar refractivity (Wildman–Crippen MR) is 133 cm³/mol. The third-order valence-electron chi connectivity index (χ3n) is 7.24. The molecule has 1 aliphatic heterocycles. The summed E-state index contributed by atoms with van der Waals surface area (Å²) in [6.07, 6.45) is 6.37. The summed E-state index contributed by atoms with van der Waals surface area (Å²) in [5.41, 5.74) is 5.19. The molecule has 0 spiro atoms. The molecular formula is C24H33N7O2S. The molecule has 9 nitrogen and oxygen atoms in total. The van der Waals surface area contributed by atoms with Gasteiger partial charge in [0.25, 0.3) is 5.56 Å². The van der Waals surface area contributed by atoms with E-state index in [4.69, 9.17) is 4.98 Å². The molecule has 1 fully saturated rings. The molecule has 1 N–H and O–H groups in total. The van der Waals surface area contributed by atoms with Crippen LogP contribution in [0.5, 0.6) is 0 Å². The number of hydrogen-bond donors (Lipinski definition) is 1. The van der Waals surface area contributed by atoms with Gasteiger partial charge in [-0.3, -0.25) is 14.3 Å². The van der Waals surface area contributed by atoms with Crippen LogP contribution in [0.2, 0.25) is 0 Å². The van der Waals surface area contributed by atoms with Crippen molar-refractivity contribution in [3.05, 3.63) is 38.6 Å². The van der Waals surface area contributed by atoms with E-state index >= 15 is 0 Å². The molecule has 1 saturated heterocycles. The van der Waals surface area contributed by atoms with Crippen LogP contribution in [0.3, 0.4) is 0 Å². The van der Waals surface area contributed by atoms with Gasteiger partial charge in [0.2, 0.25) is 16.0 Å². The van der Waals surface area contributed by atoms with Gasteiger partial charge >= 0.3 is 0 Å². The molecule has 10 heteroatoms. The van der Waals surface area contributed by atoms with E-state index in [1.807, 2.05) is 11.6 Å². The minimum absolute atomic E-state index is 0.0227. The molecule has 34 heavy (non-hydrogen) atoms. The Labute approximate surface area is 203 Å². The van der Waals surface area contributed by atoms with Gasteiger partial charge in [-0.1, -0.05) is 11.3 Å². The standard InChI is InChI=1S/C24H33N7O2S/c1-4-30-16(3)18(15(2)27-30)11-12-25-21(32)17-8-7-13-29(14-17)24-28-31-22(33)19-9-5-6-10-20(19)26-23(31)34-24/h17H,4-14H2,1-3H3,(H,25,32)/t17-/m0/s1. The zero-order valence-electron chi connectivity index (χ0n) is 20.3. The third kappa shape index (κ3) is 4.23. The van der Waals surface area contributed by atoms with E-state index in [1.165, 1.54) is 27.1 Å². The monoisotopic (exact) mass is 483 g/mol. The maximum atomic E-state index is 13.0. The number of carbonyl (C=O) groups is 1. The summed E-state index contributed by atoms with van der Waals surface area (Å²) in [7, 11) is 0. The van der Waals surface area contributed by atoms with Gasteiger partial charge in [-0.05, 0) is 71.3 Å². The summed E-state index contributed by atoms with van der Waals surface area (Å²) in [4.78, 5) is 33.4. The number of nitrogens with one attached hydrogen (secondary N) is 1. The highest BCUT2D eigenvalue weighted by Gasteiger charge is 2.28. The average molecular weight is 484 g/mol. The number of nitrogens with zero attached hydrogens (tertiary/aromatic N) is 6. The van der Waals surface area contributed by atoms with Crippen molar-refractivity contribution in [2.75, 3.05) is 24.5 Å². The van der Waals surface area contributed by atoms with E-state index < -0.39 is 0 Å². The molecule has 0 radical (unpaired) electrons. The molecule has 2 aliphatic rings. The van der Waals surface area contributed by atoms with E-state index in [2.05, 4.69) is 34.3 Å². The van der Waals surface area contributed by atoms with Gasteiger partial charge < -0.3 is 10.2 Å². The molecule has 182 valence electrons. The second-order valence-corrected chi connectivity index (χ2v) is 10.4. The molecule has 5 rings (SSSR count). The number of fused-ring (bicyclic) bond motifs is 2. The summed E-state index contributed by atoms with van der Waals surface area (Å²) < 4.78 is 3.48. The first-order chi connectivity index (χ1) is 16.5. The van der Waals surface area contributed by atoms with Gasteiger partial charge in [-0.2, -0.15) is 9.61 Å². The molecule has 3 aromatic heterocycles. The number of piperidine rings is 1. The summed E-state index contributed by atoms with van der Waals surface area (Å²) >= 11 is 1.45. The molecule has 1 atom stereocenters. The lowest BCUT2D eigenvalue weighted by atomic mass is 9.97. The molecule has 1 aliphatic carbocycles. The van der Waals surface area contributed by atoms with Crippen LogP contribution >= 0.6 is 11.3 Å². The molecule has 3 aromatic rings.